The highest BCUT2D eigenvalue weighted by Gasteiger charge is 2.41. The lowest BCUT2D eigenvalue weighted by molar-refractivity contribution is -0.120. The average Bonchev–Trinajstić information content (AvgIpc) is 3.76. The van der Waals surface area contributed by atoms with E-state index in [2.05, 4.69) is 47.5 Å². The van der Waals surface area contributed by atoms with Crippen LogP contribution in [0.15, 0.2) is 78.5 Å². The van der Waals surface area contributed by atoms with Crippen molar-refractivity contribution in [1.29, 1.82) is 0 Å². The molecular formula is C47H61FN12O4. The Morgan fingerprint density at radius 2 is 1.55 bits per heavy atom. The molecule has 5 saturated heterocycles. The van der Waals surface area contributed by atoms with Crippen molar-refractivity contribution in [2.45, 2.75) is 57.2 Å². The van der Waals surface area contributed by atoms with Gasteiger partial charge in [0.25, 0.3) is 0 Å². The van der Waals surface area contributed by atoms with E-state index in [0.29, 0.717) is 54.9 Å². The molecule has 8 N–H and O–H groups in total. The lowest BCUT2D eigenvalue weighted by Gasteiger charge is -2.44. The first-order valence-electron chi connectivity index (χ1n) is 22.7. The number of aromatic hydroxyl groups is 1. The van der Waals surface area contributed by atoms with Gasteiger partial charge in [0, 0.05) is 138 Å². The number of ether oxygens (including phenoxy) is 1. The van der Waals surface area contributed by atoms with Crippen LogP contribution in [-0.2, 0) is 4.79 Å². The summed E-state index contributed by atoms with van der Waals surface area (Å²) < 4.78 is 23.6. The Morgan fingerprint density at radius 1 is 0.859 bits per heavy atom. The number of nitrogens with zero attached hydrogens (tertiary/aromatic N) is 8. The van der Waals surface area contributed by atoms with Crippen molar-refractivity contribution in [3.63, 3.8) is 0 Å². The minimum absolute atomic E-state index is 0.0897. The number of piperidine rings is 1. The smallest absolute Gasteiger partial charge is 0.328 e. The first-order valence-corrected chi connectivity index (χ1v) is 22.7. The molecule has 3 amide bonds. The van der Waals surface area contributed by atoms with E-state index in [4.69, 9.17) is 26.9 Å². The van der Waals surface area contributed by atoms with Gasteiger partial charge in [-0.1, -0.05) is 12.1 Å². The highest BCUT2D eigenvalue weighted by Crippen LogP contribution is 2.39. The number of hydrogen-bond donors (Lipinski definition) is 5. The van der Waals surface area contributed by atoms with Crippen LogP contribution in [0.25, 0.3) is 16.7 Å². The zero-order chi connectivity index (χ0) is 44.5. The van der Waals surface area contributed by atoms with E-state index < -0.39 is 6.03 Å². The fourth-order valence-electron chi connectivity index (χ4n) is 10.3. The Hall–Kier alpha value is -6.04. The normalized spacial score (nSPS) is 21.8. The number of halogens is 1. The summed E-state index contributed by atoms with van der Waals surface area (Å²) in [4.78, 5) is 42.5. The minimum Gasteiger partial charge on any atom is -0.507 e. The van der Waals surface area contributed by atoms with Gasteiger partial charge in [-0.3, -0.25) is 24.8 Å². The number of likely N-dealkylation sites (tertiary alicyclic amines) is 2. The van der Waals surface area contributed by atoms with Crippen molar-refractivity contribution in [3.05, 3.63) is 95.5 Å². The number of carbonyl (C=O) groups is 2. The van der Waals surface area contributed by atoms with Crippen LogP contribution in [0, 0.1) is 12.7 Å². The van der Waals surface area contributed by atoms with Crippen LogP contribution in [0.5, 0.6) is 11.5 Å². The van der Waals surface area contributed by atoms with E-state index in [0.717, 1.165) is 107 Å². The highest BCUT2D eigenvalue weighted by atomic mass is 19.1. The van der Waals surface area contributed by atoms with Crippen molar-refractivity contribution in [2.24, 2.45) is 17.2 Å². The fraction of sp³-hybridized carbons (Fsp3) is 0.468. The topological polar surface area (TPSA) is 191 Å². The number of hydrogen-bond acceptors (Lipinski definition) is 13. The molecule has 0 radical (unpaired) electrons. The molecule has 2 aromatic heterocycles. The Kier molecular flexibility index (Phi) is 12.6. The maximum atomic E-state index is 15.1. The number of allylic oxidation sites excluding steroid dienone is 1. The summed E-state index contributed by atoms with van der Waals surface area (Å²) in [7, 11) is 0. The van der Waals surface area contributed by atoms with Crippen molar-refractivity contribution >= 4 is 40.0 Å². The average molecular weight is 877 g/mol. The number of fused-ring (bicyclic) bond motifs is 3. The van der Waals surface area contributed by atoms with Gasteiger partial charge in [-0.2, -0.15) is 0 Å². The van der Waals surface area contributed by atoms with Crippen molar-refractivity contribution in [3.8, 4) is 11.5 Å². The first-order chi connectivity index (χ1) is 31.0. The Labute approximate surface area is 373 Å². The molecule has 9 rings (SSSR count). The summed E-state index contributed by atoms with van der Waals surface area (Å²) >= 11 is 0. The number of carbonyl (C=O) groups excluding carboxylic acids is 2. The largest absolute Gasteiger partial charge is 0.507 e. The summed E-state index contributed by atoms with van der Waals surface area (Å²) in [5, 5.41) is 13.8. The summed E-state index contributed by atoms with van der Waals surface area (Å²) in [5.74, 6) is -0.0698. The molecular weight excluding hydrogens is 816 g/mol. The molecule has 0 saturated carbocycles. The molecule has 2 atom stereocenters. The van der Waals surface area contributed by atoms with E-state index in [1.54, 1.807) is 35.4 Å². The predicted octanol–water partition coefficient (Wildman–Crippen LogP) is 3.71. The number of aromatic nitrogens is 2. The second-order valence-electron chi connectivity index (χ2n) is 17.9. The molecule has 2 unspecified atom stereocenters. The van der Waals surface area contributed by atoms with Gasteiger partial charge in [0.2, 0.25) is 5.91 Å². The third-order valence-electron chi connectivity index (χ3n) is 13.9. The molecule has 0 aliphatic carbocycles. The van der Waals surface area contributed by atoms with E-state index >= 15 is 4.39 Å². The van der Waals surface area contributed by atoms with Crippen LogP contribution in [0.4, 0.5) is 20.6 Å². The number of rotatable bonds is 13. The summed E-state index contributed by atoms with van der Waals surface area (Å²) in [6, 6.07) is 14.5. The number of phenols is 1. The first kappa shape index (κ1) is 43.2. The van der Waals surface area contributed by atoms with Gasteiger partial charge in [0.1, 0.15) is 23.8 Å². The second kappa shape index (κ2) is 18.6. The number of anilines is 2. The third-order valence-corrected chi connectivity index (χ3v) is 13.9. The summed E-state index contributed by atoms with van der Waals surface area (Å²) in [6.45, 7) is 13.0. The quantitative estimate of drug-likeness (QED) is 0.122. The van der Waals surface area contributed by atoms with E-state index in [-0.39, 0.29) is 47.5 Å². The van der Waals surface area contributed by atoms with Crippen LogP contribution in [-0.4, -0.2) is 143 Å². The maximum absolute atomic E-state index is 15.1. The lowest BCUT2D eigenvalue weighted by atomic mass is 10.0. The van der Waals surface area contributed by atoms with Crippen LogP contribution < -0.4 is 37.1 Å². The molecule has 17 heteroatoms. The van der Waals surface area contributed by atoms with Gasteiger partial charge >= 0.3 is 6.03 Å². The van der Waals surface area contributed by atoms with Crippen LogP contribution in [0.3, 0.4) is 0 Å². The number of imide groups is 1. The number of amides is 3. The van der Waals surface area contributed by atoms with Gasteiger partial charge in [0.15, 0.2) is 11.6 Å². The van der Waals surface area contributed by atoms with Crippen LogP contribution in [0.2, 0.25) is 0 Å². The number of urea groups is 1. The highest BCUT2D eigenvalue weighted by molar-refractivity contribution is 6.06. The number of para-hydroxylation sites is 1. The van der Waals surface area contributed by atoms with Gasteiger partial charge < -0.3 is 46.3 Å². The van der Waals surface area contributed by atoms with Gasteiger partial charge in [-0.25, -0.2) is 14.2 Å². The maximum Gasteiger partial charge on any atom is 0.328 e. The molecule has 2 bridgehead atoms. The van der Waals surface area contributed by atoms with E-state index in [9.17, 15) is 14.7 Å². The number of nitrogens with two attached hydrogens (primary N) is 3. The molecule has 7 heterocycles. The third kappa shape index (κ3) is 9.14. The Bertz CT molecular complexity index is 2410. The molecule has 5 aliphatic rings. The number of pyridine rings is 1. The minimum atomic E-state index is -0.396. The summed E-state index contributed by atoms with van der Waals surface area (Å²) in [5.41, 5.74) is 24.0. The number of aryl methyl sites for hydroxylation is 1. The molecule has 64 heavy (non-hydrogen) atoms. The Balaban J connectivity index is 0.710. The van der Waals surface area contributed by atoms with E-state index in [1.807, 2.05) is 24.3 Å². The second-order valence-corrected chi connectivity index (χ2v) is 17.9. The number of nitrogens with one attached hydrogen (secondary N) is 1. The zero-order valence-corrected chi connectivity index (χ0v) is 36.7. The standard InChI is InChI=1S/C47H61FN12O4/c1-31-28-59(46-38(31)24-36(27-52-46)58-15-12-44(62)53-47(58)63)32-10-13-54(14-11-32)16-17-55-18-20-56(21-19-55)22-23-64-43-25-33(8-9-39(43)48)60-34-6-7-35(60)30-57(29-34)41(45(50)51)26-40(49)37-4-2-3-5-42(37)61/h2-5,8-9,24-28,32,34-35,61H,6-7,10-23,29-30,49-51H2,1H3,(H,53,62,63)/b40-26-. The summed E-state index contributed by atoms with van der Waals surface area (Å²) in [6.07, 6.45) is 10.0. The lowest BCUT2D eigenvalue weighted by Crippen LogP contribution is -2.53. The van der Waals surface area contributed by atoms with Crippen molar-refractivity contribution < 1.29 is 23.8 Å². The molecule has 16 nitrogen and oxygen atoms in total. The van der Waals surface area contributed by atoms with Crippen molar-refractivity contribution in [2.75, 3.05) is 94.9 Å². The van der Waals surface area contributed by atoms with Gasteiger partial charge in [-0.05, 0) is 74.6 Å². The molecule has 0 spiro atoms. The Morgan fingerprint density at radius 3 is 2.23 bits per heavy atom. The van der Waals surface area contributed by atoms with Gasteiger partial charge in [-0.15, -0.1) is 0 Å². The van der Waals surface area contributed by atoms with Gasteiger partial charge in [0.05, 0.1) is 17.6 Å². The number of phenolic OH excluding ortho intramolecular Hbond substituents is 1. The monoisotopic (exact) mass is 876 g/mol. The number of piperazine rings is 2. The SMILES string of the molecule is Cc1cn(C2CCN(CCN3CCN(CCOc4cc(N5C6CCC5CN(C(/C=C(\N)c5ccccc5O)=C(N)N)C6)ccc4F)CC3)CC2)c2ncc(N3CCC(=O)NC3=O)cc12. The van der Waals surface area contributed by atoms with Crippen LogP contribution >= 0.6 is 0 Å². The van der Waals surface area contributed by atoms with Crippen LogP contribution in [0.1, 0.15) is 49.3 Å². The number of benzene rings is 2. The predicted molar refractivity (Wildman–Crippen MR) is 246 cm³/mol. The zero-order valence-electron chi connectivity index (χ0n) is 36.7. The fourth-order valence-corrected chi connectivity index (χ4v) is 10.3. The van der Waals surface area contributed by atoms with E-state index in [1.165, 1.54) is 6.07 Å². The molecule has 5 fully saturated rings. The molecule has 5 aliphatic heterocycles. The molecule has 2 aromatic carbocycles. The molecule has 4 aromatic rings. The molecule has 340 valence electrons. The van der Waals surface area contributed by atoms with Crippen molar-refractivity contribution in [1.82, 2.24) is 34.5 Å².